The van der Waals surface area contributed by atoms with Gasteiger partial charge in [0, 0.05) is 18.7 Å². The van der Waals surface area contributed by atoms with Crippen LogP contribution in [-0.4, -0.2) is 12.0 Å². The van der Waals surface area contributed by atoms with Crippen LogP contribution in [0.15, 0.2) is 11.1 Å². The minimum atomic E-state index is 0.0787. The first kappa shape index (κ1) is 4.24. The summed E-state index contributed by atoms with van der Waals surface area (Å²) in [6.45, 7) is 0. The summed E-state index contributed by atoms with van der Waals surface area (Å²) in [6, 6.07) is 0. The lowest BCUT2D eigenvalue weighted by Crippen LogP contribution is -1.95. The molecule has 0 bridgehead atoms. The van der Waals surface area contributed by atoms with E-state index in [1.165, 1.54) is 6.08 Å². The molecule has 0 N–H and O–H groups in total. The topological polar surface area (TPSA) is 29.4 Å². The zero-order chi connectivity index (χ0) is 5.11. The van der Waals surface area contributed by atoms with Crippen LogP contribution in [0.2, 0.25) is 0 Å². The lowest BCUT2D eigenvalue weighted by molar-refractivity contribution is -0.113. The molecule has 0 unspecified atom stereocenters. The average molecular weight is 94.1 g/mol. The molecule has 1 aliphatic rings. The van der Waals surface area contributed by atoms with Gasteiger partial charge in [0.05, 0.1) is 6.20 Å². The van der Waals surface area contributed by atoms with E-state index in [1.54, 1.807) is 6.21 Å². The Morgan fingerprint density at radius 3 is 3.00 bits per heavy atom. The molecule has 1 rings (SSSR count). The molecule has 0 saturated carbocycles. The molecule has 1 aliphatic heterocycles. The number of carbonyl (C=O) groups excluding carboxylic acids is 1. The zero-order valence-corrected chi connectivity index (χ0v) is 3.72. The van der Waals surface area contributed by atoms with Crippen LogP contribution in [0.1, 0.15) is 6.42 Å². The monoisotopic (exact) mass is 94.0 g/mol. The third-order valence-electron chi connectivity index (χ3n) is 0.684. The van der Waals surface area contributed by atoms with E-state index in [2.05, 4.69) is 11.2 Å². The lowest BCUT2D eigenvalue weighted by Gasteiger charge is -1.87. The SMILES string of the molecule is O=C1C=[C]N=CC1. The summed E-state index contributed by atoms with van der Waals surface area (Å²) in [5.74, 6) is 0.0787. The minimum absolute atomic E-state index is 0.0787. The normalized spacial score (nSPS) is 18.0. The second kappa shape index (κ2) is 1.69. The van der Waals surface area contributed by atoms with Gasteiger partial charge >= 0.3 is 0 Å². The Morgan fingerprint density at radius 1 is 1.86 bits per heavy atom. The molecule has 35 valence electrons. The molecule has 0 aromatic heterocycles. The van der Waals surface area contributed by atoms with Crippen molar-refractivity contribution in [1.29, 1.82) is 0 Å². The van der Waals surface area contributed by atoms with E-state index in [4.69, 9.17) is 0 Å². The van der Waals surface area contributed by atoms with E-state index in [0.717, 1.165) is 0 Å². The highest BCUT2D eigenvalue weighted by molar-refractivity contribution is 6.00. The molecule has 0 amide bonds. The maximum atomic E-state index is 10.3. The van der Waals surface area contributed by atoms with Crippen LogP contribution in [0, 0.1) is 6.20 Å². The van der Waals surface area contributed by atoms with Crippen molar-refractivity contribution in [1.82, 2.24) is 0 Å². The van der Waals surface area contributed by atoms with Crippen molar-refractivity contribution < 1.29 is 4.79 Å². The molecule has 1 radical (unpaired) electrons. The Hall–Kier alpha value is -0.920. The van der Waals surface area contributed by atoms with Gasteiger partial charge in [-0.05, 0) is 0 Å². The van der Waals surface area contributed by atoms with Crippen molar-refractivity contribution in [3.63, 3.8) is 0 Å². The summed E-state index contributed by atoms with van der Waals surface area (Å²) in [5.41, 5.74) is 0. The first-order valence-electron chi connectivity index (χ1n) is 2.03. The van der Waals surface area contributed by atoms with Crippen LogP contribution in [0.3, 0.4) is 0 Å². The Balaban J connectivity index is 2.66. The number of rotatable bonds is 0. The molecule has 2 heteroatoms. The van der Waals surface area contributed by atoms with Crippen molar-refractivity contribution in [2.75, 3.05) is 0 Å². The highest BCUT2D eigenvalue weighted by Gasteiger charge is 1.94. The van der Waals surface area contributed by atoms with Crippen LogP contribution in [-0.2, 0) is 4.79 Å². The summed E-state index contributed by atoms with van der Waals surface area (Å²) in [4.78, 5) is 13.8. The van der Waals surface area contributed by atoms with Crippen LogP contribution in [0.4, 0.5) is 0 Å². The van der Waals surface area contributed by atoms with Gasteiger partial charge in [0.15, 0.2) is 5.78 Å². The molecule has 0 spiro atoms. The van der Waals surface area contributed by atoms with Crippen molar-refractivity contribution >= 4 is 12.0 Å². The molecule has 1 heterocycles. The first-order chi connectivity index (χ1) is 3.39. The van der Waals surface area contributed by atoms with Gasteiger partial charge in [-0.3, -0.25) is 9.79 Å². The third kappa shape index (κ3) is 0.961. The summed E-state index contributed by atoms with van der Waals surface area (Å²) >= 11 is 0. The minimum Gasteiger partial charge on any atom is -0.294 e. The fourth-order valence-corrected chi connectivity index (χ4v) is 0.357. The van der Waals surface area contributed by atoms with Crippen LogP contribution in [0.5, 0.6) is 0 Å². The van der Waals surface area contributed by atoms with Crippen molar-refractivity contribution in [2.24, 2.45) is 4.99 Å². The van der Waals surface area contributed by atoms with Gasteiger partial charge in [0.25, 0.3) is 0 Å². The van der Waals surface area contributed by atoms with Gasteiger partial charge in [-0.2, -0.15) is 0 Å². The van der Waals surface area contributed by atoms with Gasteiger partial charge in [0.1, 0.15) is 0 Å². The van der Waals surface area contributed by atoms with Crippen molar-refractivity contribution in [3.8, 4) is 0 Å². The van der Waals surface area contributed by atoms with Crippen LogP contribution in [0.25, 0.3) is 0 Å². The first-order valence-corrected chi connectivity index (χ1v) is 2.03. The Morgan fingerprint density at radius 2 is 2.71 bits per heavy atom. The number of aliphatic imine (C=N–C) groups is 1. The summed E-state index contributed by atoms with van der Waals surface area (Å²) in [7, 11) is 0. The van der Waals surface area contributed by atoms with Gasteiger partial charge in [-0.15, -0.1) is 0 Å². The van der Waals surface area contributed by atoms with Crippen LogP contribution < -0.4 is 0 Å². The number of carbonyl (C=O) groups is 1. The highest BCUT2D eigenvalue weighted by Crippen LogP contribution is 1.87. The molecule has 0 atom stereocenters. The smallest absolute Gasteiger partial charge is 0.163 e. The lowest BCUT2D eigenvalue weighted by atomic mass is 10.3. The van der Waals surface area contributed by atoms with E-state index in [-0.39, 0.29) is 5.78 Å². The number of hydrogen-bond donors (Lipinski definition) is 0. The fraction of sp³-hybridized carbons (Fsp3) is 0.200. The summed E-state index contributed by atoms with van der Waals surface area (Å²) in [6.07, 6.45) is 5.76. The maximum Gasteiger partial charge on any atom is 0.163 e. The standard InChI is InChI=1S/C5H4NO/c7-5-1-3-6-4-2-5/h1,4H,2H2. The van der Waals surface area contributed by atoms with Crippen molar-refractivity contribution in [2.45, 2.75) is 6.42 Å². The highest BCUT2D eigenvalue weighted by atomic mass is 16.1. The fourth-order valence-electron chi connectivity index (χ4n) is 0.357. The number of nitrogens with zero attached hydrogens (tertiary/aromatic N) is 1. The molecule has 0 aromatic rings. The molecule has 0 aromatic carbocycles. The van der Waals surface area contributed by atoms with Crippen molar-refractivity contribution in [3.05, 3.63) is 12.3 Å². The molecule has 0 saturated heterocycles. The van der Waals surface area contributed by atoms with Gasteiger partial charge < -0.3 is 0 Å². The molecule has 0 aliphatic carbocycles. The van der Waals surface area contributed by atoms with E-state index < -0.39 is 0 Å². The predicted octanol–water partition coefficient (Wildman–Crippen LogP) is 0.347. The van der Waals surface area contributed by atoms with E-state index >= 15 is 0 Å². The molecule has 2 nitrogen and oxygen atoms in total. The average Bonchev–Trinajstić information content (AvgIpc) is 1.69. The Labute approximate surface area is 41.6 Å². The van der Waals surface area contributed by atoms with E-state index in [1.807, 2.05) is 0 Å². The van der Waals surface area contributed by atoms with Gasteiger partial charge in [0.2, 0.25) is 0 Å². The predicted molar refractivity (Wildman–Crippen MR) is 25.9 cm³/mol. The third-order valence-corrected chi connectivity index (χ3v) is 0.684. The van der Waals surface area contributed by atoms with E-state index in [0.29, 0.717) is 6.42 Å². The van der Waals surface area contributed by atoms with Gasteiger partial charge in [-0.1, -0.05) is 0 Å². The molecule has 7 heavy (non-hydrogen) atoms. The van der Waals surface area contributed by atoms with E-state index in [9.17, 15) is 4.79 Å². The number of ketones is 1. The molecule has 0 fully saturated rings. The summed E-state index contributed by atoms with van der Waals surface area (Å²) < 4.78 is 0. The molecular weight excluding hydrogens is 90.1 g/mol. The Bertz CT molecular complexity index is 135. The zero-order valence-electron chi connectivity index (χ0n) is 3.72. The maximum absolute atomic E-state index is 10.3. The number of hydrogen-bond acceptors (Lipinski definition) is 2. The largest absolute Gasteiger partial charge is 0.294 e. The number of allylic oxidation sites excluding steroid dienone is 1. The van der Waals surface area contributed by atoms with Crippen LogP contribution >= 0.6 is 0 Å². The summed E-state index contributed by atoms with van der Waals surface area (Å²) in [5, 5.41) is 0. The second-order valence-corrected chi connectivity index (χ2v) is 1.26. The quantitative estimate of drug-likeness (QED) is 0.425. The van der Waals surface area contributed by atoms with Gasteiger partial charge in [-0.25, -0.2) is 0 Å². The molecular formula is C5H4NO. The second-order valence-electron chi connectivity index (χ2n) is 1.26. The Kier molecular flexibility index (Phi) is 1.02.